The number of carbonyl (C=O) groups is 1. The Morgan fingerprint density at radius 3 is 2.42 bits per heavy atom. The number of ether oxygens (including phenoxy) is 1. The van der Waals surface area contributed by atoms with Crippen molar-refractivity contribution >= 4 is 17.3 Å². The van der Waals surface area contributed by atoms with E-state index >= 15 is 0 Å². The van der Waals surface area contributed by atoms with Crippen molar-refractivity contribution in [2.75, 3.05) is 0 Å². The van der Waals surface area contributed by atoms with Crippen LogP contribution in [-0.4, -0.2) is 15.8 Å². The van der Waals surface area contributed by atoms with Gasteiger partial charge in [0.2, 0.25) is 0 Å². The van der Waals surface area contributed by atoms with E-state index in [4.69, 9.17) is 4.74 Å². The van der Waals surface area contributed by atoms with Gasteiger partial charge in [-0.2, -0.15) is 0 Å². The van der Waals surface area contributed by atoms with Crippen LogP contribution in [0.25, 0.3) is 0 Å². The van der Waals surface area contributed by atoms with E-state index in [2.05, 4.69) is 0 Å². The Bertz CT molecular complexity index is 818. The summed E-state index contributed by atoms with van der Waals surface area (Å²) < 4.78 is 5.25. The number of hydrogen-bond acceptors (Lipinski definition) is 6. The third-order valence-electron chi connectivity index (χ3n) is 3.48. The molecule has 0 amide bonds. The predicted octanol–water partition coefficient (Wildman–Crippen LogP) is 3.73. The summed E-state index contributed by atoms with van der Waals surface area (Å²) in [4.78, 5) is 32.8. The molecule has 0 aliphatic rings. The molecule has 2 aromatic rings. The highest BCUT2D eigenvalue weighted by Crippen LogP contribution is 2.24. The average molecular weight is 330 g/mol. The largest absolute Gasteiger partial charge is 0.454 e. The molecule has 0 heterocycles. The zero-order valence-corrected chi connectivity index (χ0v) is 13.0. The first-order valence-corrected chi connectivity index (χ1v) is 7.00. The summed E-state index contributed by atoms with van der Waals surface area (Å²) in [5.41, 5.74) is 0.654. The highest BCUT2D eigenvalue weighted by molar-refractivity contribution is 5.90. The molecule has 0 saturated carbocycles. The Kier molecular flexibility index (Phi) is 4.88. The average Bonchev–Trinajstić information content (AvgIpc) is 2.54. The minimum atomic E-state index is -0.739. The van der Waals surface area contributed by atoms with Crippen molar-refractivity contribution in [3.05, 3.63) is 79.4 Å². The van der Waals surface area contributed by atoms with Gasteiger partial charge in [-0.15, -0.1) is 0 Å². The van der Waals surface area contributed by atoms with Gasteiger partial charge in [-0.1, -0.05) is 18.2 Å². The molecule has 0 N–H and O–H groups in total. The van der Waals surface area contributed by atoms with Crippen LogP contribution in [0.5, 0.6) is 0 Å². The molecular formula is C16H14N2O6. The molecule has 8 nitrogen and oxygen atoms in total. The lowest BCUT2D eigenvalue weighted by Gasteiger charge is -2.13. The molecule has 0 bridgehead atoms. The minimum Gasteiger partial charge on any atom is -0.454 e. The van der Waals surface area contributed by atoms with Crippen LogP contribution in [0.15, 0.2) is 42.5 Å². The van der Waals surface area contributed by atoms with E-state index in [1.54, 1.807) is 19.9 Å². The first kappa shape index (κ1) is 17.1. The van der Waals surface area contributed by atoms with Crippen molar-refractivity contribution in [3.8, 4) is 0 Å². The highest BCUT2D eigenvalue weighted by Gasteiger charge is 2.19. The van der Waals surface area contributed by atoms with Crippen molar-refractivity contribution < 1.29 is 19.4 Å². The maximum atomic E-state index is 12.2. The van der Waals surface area contributed by atoms with Gasteiger partial charge in [0.05, 0.1) is 15.4 Å². The molecule has 2 aromatic carbocycles. The van der Waals surface area contributed by atoms with Crippen molar-refractivity contribution in [1.82, 2.24) is 0 Å². The SMILES string of the molecule is Cc1ccc(C(=O)O[C@H](C)c2cccc([N+](=O)[O-])c2)cc1[N+](=O)[O-]. The van der Waals surface area contributed by atoms with E-state index in [0.717, 1.165) is 6.07 Å². The topological polar surface area (TPSA) is 113 Å². The van der Waals surface area contributed by atoms with E-state index in [-0.39, 0.29) is 16.9 Å². The Labute approximate surface area is 137 Å². The van der Waals surface area contributed by atoms with Gasteiger partial charge in [-0.25, -0.2) is 4.79 Å². The highest BCUT2D eigenvalue weighted by atomic mass is 16.6. The molecule has 0 fully saturated rings. The van der Waals surface area contributed by atoms with E-state index in [1.807, 2.05) is 0 Å². The number of hydrogen-bond donors (Lipinski definition) is 0. The Morgan fingerprint density at radius 2 is 1.79 bits per heavy atom. The number of rotatable bonds is 5. The molecule has 0 unspecified atom stereocenters. The van der Waals surface area contributed by atoms with Crippen LogP contribution in [0.4, 0.5) is 11.4 Å². The van der Waals surface area contributed by atoms with Crippen LogP contribution < -0.4 is 0 Å². The maximum absolute atomic E-state index is 12.2. The van der Waals surface area contributed by atoms with E-state index < -0.39 is 21.9 Å². The van der Waals surface area contributed by atoms with E-state index in [9.17, 15) is 25.0 Å². The molecule has 124 valence electrons. The lowest BCUT2D eigenvalue weighted by molar-refractivity contribution is -0.385. The van der Waals surface area contributed by atoms with E-state index in [0.29, 0.717) is 11.1 Å². The van der Waals surface area contributed by atoms with Gasteiger partial charge in [-0.3, -0.25) is 20.2 Å². The number of carbonyl (C=O) groups excluding carboxylic acids is 1. The van der Waals surface area contributed by atoms with Gasteiger partial charge in [0, 0.05) is 23.8 Å². The van der Waals surface area contributed by atoms with Crippen LogP contribution in [0.3, 0.4) is 0 Å². The summed E-state index contributed by atoms with van der Waals surface area (Å²) in [6.07, 6.45) is -0.738. The van der Waals surface area contributed by atoms with Gasteiger partial charge in [0.1, 0.15) is 6.10 Å². The predicted molar refractivity (Wildman–Crippen MR) is 84.8 cm³/mol. The van der Waals surface area contributed by atoms with Crippen molar-refractivity contribution in [2.24, 2.45) is 0 Å². The van der Waals surface area contributed by atoms with E-state index in [1.165, 1.54) is 30.3 Å². The number of benzene rings is 2. The summed E-state index contributed by atoms with van der Waals surface area (Å²) in [6, 6.07) is 9.80. The first-order valence-electron chi connectivity index (χ1n) is 7.00. The number of nitro groups is 2. The maximum Gasteiger partial charge on any atom is 0.338 e. The van der Waals surface area contributed by atoms with Gasteiger partial charge in [-0.05, 0) is 25.5 Å². The second kappa shape index (κ2) is 6.86. The van der Waals surface area contributed by atoms with Crippen LogP contribution in [-0.2, 0) is 4.74 Å². The molecule has 1 atom stereocenters. The summed E-state index contributed by atoms with van der Waals surface area (Å²) >= 11 is 0. The third-order valence-corrected chi connectivity index (χ3v) is 3.48. The van der Waals surface area contributed by atoms with Crippen LogP contribution >= 0.6 is 0 Å². The van der Waals surface area contributed by atoms with Crippen LogP contribution in [0.2, 0.25) is 0 Å². The molecule has 0 aromatic heterocycles. The summed E-state index contributed by atoms with van der Waals surface area (Å²) in [5, 5.41) is 21.7. The van der Waals surface area contributed by atoms with Crippen molar-refractivity contribution in [2.45, 2.75) is 20.0 Å². The minimum absolute atomic E-state index is 0.0459. The Balaban J connectivity index is 2.20. The molecule has 0 aliphatic heterocycles. The van der Waals surface area contributed by atoms with Crippen molar-refractivity contribution in [3.63, 3.8) is 0 Å². The van der Waals surface area contributed by atoms with Crippen LogP contribution in [0, 0.1) is 27.2 Å². The second-order valence-corrected chi connectivity index (χ2v) is 5.16. The number of nitro benzene ring substituents is 2. The molecule has 8 heteroatoms. The smallest absolute Gasteiger partial charge is 0.338 e. The molecule has 0 radical (unpaired) electrons. The van der Waals surface area contributed by atoms with Gasteiger partial charge >= 0.3 is 5.97 Å². The summed E-state index contributed by atoms with van der Waals surface area (Å²) in [6.45, 7) is 3.14. The molecular weight excluding hydrogens is 316 g/mol. The molecule has 0 aliphatic carbocycles. The third kappa shape index (κ3) is 3.72. The molecule has 0 spiro atoms. The zero-order chi connectivity index (χ0) is 17.9. The van der Waals surface area contributed by atoms with Crippen LogP contribution in [0.1, 0.15) is 34.5 Å². The fourth-order valence-electron chi connectivity index (χ4n) is 2.12. The number of nitrogens with zero attached hydrogens (tertiary/aromatic N) is 2. The van der Waals surface area contributed by atoms with Gasteiger partial charge in [0.25, 0.3) is 11.4 Å². The monoisotopic (exact) mass is 330 g/mol. The first-order chi connectivity index (χ1) is 11.3. The number of aryl methyl sites for hydroxylation is 1. The zero-order valence-electron chi connectivity index (χ0n) is 13.0. The Morgan fingerprint density at radius 1 is 1.08 bits per heavy atom. The quantitative estimate of drug-likeness (QED) is 0.469. The summed E-state index contributed by atoms with van der Waals surface area (Å²) in [7, 11) is 0. The normalized spacial score (nSPS) is 11.6. The Hall–Kier alpha value is -3.29. The van der Waals surface area contributed by atoms with Gasteiger partial charge < -0.3 is 4.74 Å². The molecule has 2 rings (SSSR count). The lowest BCUT2D eigenvalue weighted by atomic mass is 10.1. The van der Waals surface area contributed by atoms with Crippen molar-refractivity contribution in [1.29, 1.82) is 0 Å². The fourth-order valence-corrected chi connectivity index (χ4v) is 2.12. The second-order valence-electron chi connectivity index (χ2n) is 5.16. The fraction of sp³-hybridized carbons (Fsp3) is 0.188. The standard InChI is InChI=1S/C16H14N2O6/c1-10-6-7-13(9-15(10)18(22)23)16(19)24-11(2)12-4-3-5-14(8-12)17(20)21/h3-9,11H,1-2H3/t11-/m1/s1. The number of non-ortho nitro benzene ring substituents is 1. The molecule has 0 saturated heterocycles. The molecule has 24 heavy (non-hydrogen) atoms. The lowest BCUT2D eigenvalue weighted by Crippen LogP contribution is -2.10. The van der Waals surface area contributed by atoms with Gasteiger partial charge in [0.15, 0.2) is 0 Å². The summed E-state index contributed by atoms with van der Waals surface area (Å²) in [5.74, 6) is -0.739. The number of esters is 1.